The molecule has 2 aromatic carbocycles. The monoisotopic (exact) mass is 303 g/mol. The number of benzene rings is 2. The first-order valence-corrected chi connectivity index (χ1v) is 7.90. The fourth-order valence-electron chi connectivity index (χ4n) is 2.29. The Hall–Kier alpha value is -1.83. The third-order valence-corrected chi connectivity index (χ3v) is 5.36. The van der Waals surface area contributed by atoms with E-state index in [9.17, 15) is 13.4 Å². The van der Waals surface area contributed by atoms with Crippen molar-refractivity contribution in [2.45, 2.75) is 11.5 Å². The molecule has 0 amide bonds. The SMILES string of the molecule is CN(c1ccc2c(c1)B(O)OC2)S(=O)(=O)c1ccccc1. The van der Waals surface area contributed by atoms with E-state index in [1.165, 1.54) is 11.4 Å². The summed E-state index contributed by atoms with van der Waals surface area (Å²) in [5.41, 5.74) is 1.97. The first-order chi connectivity index (χ1) is 10.00. The lowest BCUT2D eigenvalue weighted by Gasteiger charge is -2.20. The topological polar surface area (TPSA) is 66.8 Å². The van der Waals surface area contributed by atoms with Gasteiger partial charge in [0.1, 0.15) is 0 Å². The first kappa shape index (κ1) is 14.1. The second-order valence-electron chi connectivity index (χ2n) is 4.83. The molecule has 0 bridgehead atoms. The zero-order chi connectivity index (χ0) is 15.0. The Morgan fingerprint density at radius 1 is 1.19 bits per heavy atom. The highest BCUT2D eigenvalue weighted by Gasteiger charge is 2.29. The minimum Gasteiger partial charge on any atom is -0.423 e. The molecule has 0 saturated heterocycles. The molecule has 0 spiro atoms. The van der Waals surface area contributed by atoms with Gasteiger partial charge in [0.2, 0.25) is 0 Å². The van der Waals surface area contributed by atoms with E-state index < -0.39 is 17.1 Å². The summed E-state index contributed by atoms with van der Waals surface area (Å²) in [5.74, 6) is 0. The van der Waals surface area contributed by atoms with Gasteiger partial charge in [-0.3, -0.25) is 4.31 Å². The van der Waals surface area contributed by atoms with Gasteiger partial charge in [0.25, 0.3) is 10.0 Å². The molecule has 0 aliphatic carbocycles. The summed E-state index contributed by atoms with van der Waals surface area (Å²) in [6.07, 6.45) is 0. The molecular weight excluding hydrogens is 289 g/mol. The number of hydrogen-bond acceptors (Lipinski definition) is 4. The third-order valence-electron chi connectivity index (χ3n) is 3.56. The number of fused-ring (bicyclic) bond motifs is 1. The molecule has 1 aliphatic heterocycles. The summed E-state index contributed by atoms with van der Waals surface area (Å²) >= 11 is 0. The lowest BCUT2D eigenvalue weighted by molar-refractivity contribution is 0.275. The van der Waals surface area contributed by atoms with Crippen LogP contribution >= 0.6 is 0 Å². The van der Waals surface area contributed by atoms with Crippen molar-refractivity contribution in [3.8, 4) is 0 Å². The molecule has 5 nitrogen and oxygen atoms in total. The number of rotatable bonds is 3. The van der Waals surface area contributed by atoms with E-state index in [-0.39, 0.29) is 4.90 Å². The predicted octanol–water partition coefficient (Wildman–Crippen LogP) is 0.729. The molecule has 1 N–H and O–H groups in total. The molecule has 0 unspecified atom stereocenters. The summed E-state index contributed by atoms with van der Waals surface area (Å²) in [4.78, 5) is 0.227. The van der Waals surface area contributed by atoms with Crippen LogP contribution in [0.5, 0.6) is 0 Å². The first-order valence-electron chi connectivity index (χ1n) is 6.46. The van der Waals surface area contributed by atoms with Crippen molar-refractivity contribution in [1.82, 2.24) is 0 Å². The molecule has 2 aromatic rings. The number of sulfonamides is 1. The van der Waals surface area contributed by atoms with Gasteiger partial charge in [0, 0.05) is 7.05 Å². The standard InChI is InChI=1S/C14H14BNO4S/c1-16(21(18,19)13-5-3-2-4-6-13)12-8-7-11-10-20-15(17)14(11)9-12/h2-9,17H,10H2,1H3. The van der Waals surface area contributed by atoms with Crippen LogP contribution in [0.2, 0.25) is 0 Å². The fourth-order valence-corrected chi connectivity index (χ4v) is 3.50. The zero-order valence-electron chi connectivity index (χ0n) is 11.4. The van der Waals surface area contributed by atoms with Gasteiger partial charge < -0.3 is 9.68 Å². The Morgan fingerprint density at radius 3 is 2.62 bits per heavy atom. The molecule has 0 saturated carbocycles. The molecule has 0 fully saturated rings. The Labute approximate surface area is 124 Å². The average Bonchev–Trinajstić information content (AvgIpc) is 2.88. The molecule has 0 atom stereocenters. The molecule has 7 heteroatoms. The maximum atomic E-state index is 12.5. The van der Waals surface area contributed by atoms with Gasteiger partial charge in [-0.2, -0.15) is 0 Å². The van der Waals surface area contributed by atoms with Gasteiger partial charge in [-0.05, 0) is 35.3 Å². The van der Waals surface area contributed by atoms with Crippen LogP contribution in [0.25, 0.3) is 0 Å². The van der Waals surface area contributed by atoms with Gasteiger partial charge in [-0.25, -0.2) is 8.42 Å². The van der Waals surface area contributed by atoms with E-state index in [1.807, 2.05) is 0 Å². The van der Waals surface area contributed by atoms with Crippen molar-refractivity contribution in [3.63, 3.8) is 0 Å². The third kappa shape index (κ3) is 2.44. The maximum Gasteiger partial charge on any atom is 0.491 e. The molecule has 0 radical (unpaired) electrons. The van der Waals surface area contributed by atoms with Gasteiger partial charge in [-0.1, -0.05) is 24.3 Å². The van der Waals surface area contributed by atoms with Crippen molar-refractivity contribution in [2.24, 2.45) is 0 Å². The second-order valence-corrected chi connectivity index (χ2v) is 6.80. The molecule has 108 valence electrons. The Balaban J connectivity index is 2.00. The number of hydrogen-bond donors (Lipinski definition) is 1. The predicted molar refractivity (Wildman–Crippen MR) is 80.9 cm³/mol. The van der Waals surface area contributed by atoms with Gasteiger partial charge in [0.05, 0.1) is 17.2 Å². The van der Waals surface area contributed by atoms with Gasteiger partial charge in [-0.15, -0.1) is 0 Å². The van der Waals surface area contributed by atoms with Gasteiger partial charge >= 0.3 is 7.12 Å². The summed E-state index contributed by atoms with van der Waals surface area (Å²) in [7, 11) is -3.12. The molecule has 21 heavy (non-hydrogen) atoms. The van der Waals surface area contributed by atoms with E-state index in [1.54, 1.807) is 48.5 Å². The van der Waals surface area contributed by atoms with Crippen LogP contribution in [-0.4, -0.2) is 27.6 Å². The summed E-state index contributed by atoms with van der Waals surface area (Å²) in [5, 5.41) is 9.72. The average molecular weight is 303 g/mol. The lowest BCUT2D eigenvalue weighted by Crippen LogP contribution is -2.31. The zero-order valence-corrected chi connectivity index (χ0v) is 12.2. The molecule has 1 aliphatic rings. The van der Waals surface area contributed by atoms with Crippen LogP contribution in [-0.2, 0) is 21.3 Å². The van der Waals surface area contributed by atoms with E-state index >= 15 is 0 Å². The normalized spacial score (nSPS) is 14.1. The van der Waals surface area contributed by atoms with Crippen LogP contribution < -0.4 is 9.77 Å². The Morgan fingerprint density at radius 2 is 1.90 bits per heavy atom. The van der Waals surface area contributed by atoms with Crippen LogP contribution in [0.1, 0.15) is 5.56 Å². The maximum absolute atomic E-state index is 12.5. The quantitative estimate of drug-likeness (QED) is 0.849. The van der Waals surface area contributed by atoms with Crippen molar-refractivity contribution in [1.29, 1.82) is 0 Å². The lowest BCUT2D eigenvalue weighted by atomic mass is 9.79. The van der Waals surface area contributed by atoms with Crippen LogP contribution in [0.3, 0.4) is 0 Å². The van der Waals surface area contributed by atoms with E-state index in [0.29, 0.717) is 17.8 Å². The minimum absolute atomic E-state index is 0.227. The smallest absolute Gasteiger partial charge is 0.423 e. The van der Waals surface area contributed by atoms with E-state index in [4.69, 9.17) is 4.65 Å². The summed E-state index contributed by atoms with van der Waals surface area (Å²) in [6, 6.07) is 13.4. The highest BCUT2D eigenvalue weighted by atomic mass is 32.2. The largest absolute Gasteiger partial charge is 0.491 e. The second kappa shape index (κ2) is 5.18. The van der Waals surface area contributed by atoms with Crippen LogP contribution in [0.15, 0.2) is 53.4 Å². The molecule has 0 aromatic heterocycles. The molecule has 3 rings (SSSR count). The van der Waals surface area contributed by atoms with Crippen molar-refractivity contribution >= 4 is 28.3 Å². The highest BCUT2D eigenvalue weighted by molar-refractivity contribution is 7.92. The van der Waals surface area contributed by atoms with Crippen molar-refractivity contribution < 1.29 is 18.1 Å². The fraction of sp³-hybridized carbons (Fsp3) is 0.143. The summed E-state index contributed by atoms with van der Waals surface area (Å²) < 4.78 is 31.4. The number of nitrogens with zero attached hydrogens (tertiary/aromatic N) is 1. The minimum atomic E-state index is -3.62. The van der Waals surface area contributed by atoms with Gasteiger partial charge in [0.15, 0.2) is 0 Å². The molecule has 1 heterocycles. The Kier molecular flexibility index (Phi) is 3.48. The van der Waals surface area contributed by atoms with Crippen LogP contribution in [0, 0.1) is 0 Å². The van der Waals surface area contributed by atoms with E-state index in [0.717, 1.165) is 5.56 Å². The van der Waals surface area contributed by atoms with E-state index in [2.05, 4.69) is 0 Å². The number of anilines is 1. The highest BCUT2D eigenvalue weighted by Crippen LogP contribution is 2.23. The van der Waals surface area contributed by atoms with Crippen molar-refractivity contribution in [3.05, 3.63) is 54.1 Å². The molecular formula is C14H14BNO4S. The summed E-state index contributed by atoms with van der Waals surface area (Å²) in [6.45, 7) is 0.339. The van der Waals surface area contributed by atoms with Crippen LogP contribution in [0.4, 0.5) is 5.69 Å². The Bertz CT molecular complexity index is 764. The van der Waals surface area contributed by atoms with Crippen molar-refractivity contribution in [2.75, 3.05) is 11.4 Å².